The predicted molar refractivity (Wildman–Crippen MR) is 88.5 cm³/mol. The van der Waals surface area contributed by atoms with Gasteiger partial charge in [0.05, 0.1) is 18.9 Å². The van der Waals surface area contributed by atoms with E-state index in [9.17, 15) is 4.79 Å². The Kier molecular flexibility index (Phi) is 5.23. The van der Waals surface area contributed by atoms with E-state index in [2.05, 4.69) is 11.9 Å². The lowest BCUT2D eigenvalue weighted by molar-refractivity contribution is -0.119. The second-order valence-electron chi connectivity index (χ2n) is 5.80. The molecule has 1 atom stereocenters. The molecule has 5 nitrogen and oxygen atoms in total. The lowest BCUT2D eigenvalue weighted by Crippen LogP contribution is -2.45. The van der Waals surface area contributed by atoms with Crippen molar-refractivity contribution in [1.29, 1.82) is 0 Å². The summed E-state index contributed by atoms with van der Waals surface area (Å²) >= 11 is 1.67. The first-order valence-electron chi connectivity index (χ1n) is 7.99. The number of aromatic nitrogens is 1. The number of thiazole rings is 1. The summed E-state index contributed by atoms with van der Waals surface area (Å²) in [6.07, 6.45) is 6.78. The molecule has 1 unspecified atom stereocenters. The van der Waals surface area contributed by atoms with Crippen molar-refractivity contribution in [3.05, 3.63) is 23.2 Å². The molecular formula is C16H23N3O2S. The van der Waals surface area contributed by atoms with Crippen LogP contribution >= 0.6 is 11.3 Å². The number of aryl methyl sites for hydroxylation is 2. The van der Waals surface area contributed by atoms with E-state index in [1.807, 2.05) is 0 Å². The minimum Gasteiger partial charge on any atom is -0.378 e. The van der Waals surface area contributed by atoms with Gasteiger partial charge in [-0.05, 0) is 25.7 Å². The Morgan fingerprint density at radius 1 is 1.50 bits per heavy atom. The summed E-state index contributed by atoms with van der Waals surface area (Å²) < 4.78 is 5.43. The van der Waals surface area contributed by atoms with Crippen LogP contribution in [-0.2, 0) is 22.4 Å². The number of nitrogens with one attached hydrogen (secondary N) is 1. The smallest absolute Gasteiger partial charge is 0.230 e. The zero-order valence-electron chi connectivity index (χ0n) is 12.8. The van der Waals surface area contributed by atoms with Crippen LogP contribution in [0.4, 0.5) is 5.13 Å². The predicted octanol–water partition coefficient (Wildman–Crippen LogP) is 1.92. The molecule has 1 saturated heterocycles. The third-order valence-corrected chi connectivity index (χ3v) is 5.28. The van der Waals surface area contributed by atoms with E-state index in [1.54, 1.807) is 22.3 Å². The van der Waals surface area contributed by atoms with Gasteiger partial charge in [0.25, 0.3) is 0 Å². The van der Waals surface area contributed by atoms with Crippen molar-refractivity contribution >= 4 is 22.4 Å². The molecule has 120 valence electrons. The van der Waals surface area contributed by atoms with Crippen molar-refractivity contribution in [3.8, 4) is 0 Å². The molecule has 0 aromatic carbocycles. The second kappa shape index (κ2) is 7.35. The molecule has 6 heteroatoms. The highest BCUT2D eigenvalue weighted by Gasteiger charge is 2.25. The summed E-state index contributed by atoms with van der Waals surface area (Å²) in [5.74, 6) is 0.0917. The Morgan fingerprint density at radius 2 is 2.36 bits per heavy atom. The van der Waals surface area contributed by atoms with Crippen LogP contribution in [0.1, 0.15) is 29.8 Å². The van der Waals surface area contributed by atoms with E-state index in [4.69, 9.17) is 9.72 Å². The van der Waals surface area contributed by atoms with Gasteiger partial charge in [0, 0.05) is 30.4 Å². The van der Waals surface area contributed by atoms with Gasteiger partial charge in [-0.25, -0.2) is 4.98 Å². The number of ether oxygens (including phenoxy) is 1. The number of fused-ring (bicyclic) bond motifs is 1. The largest absolute Gasteiger partial charge is 0.378 e. The molecule has 1 fully saturated rings. The molecule has 2 heterocycles. The standard InChI is InChI=1S/C16H23N3O2S/c1-2-8-19(15(20)10-12-11-21-9-7-17-12)16-18-13-5-3-4-6-14(13)22-16/h2,12,17H,1,3-11H2. The number of morpholine rings is 1. The number of hydrogen-bond acceptors (Lipinski definition) is 5. The first-order valence-corrected chi connectivity index (χ1v) is 8.80. The monoisotopic (exact) mass is 321 g/mol. The molecule has 0 bridgehead atoms. The van der Waals surface area contributed by atoms with E-state index in [1.165, 1.54) is 23.4 Å². The van der Waals surface area contributed by atoms with Crippen molar-refractivity contribution in [2.24, 2.45) is 0 Å². The Bertz CT molecular complexity index is 514. The van der Waals surface area contributed by atoms with Crippen molar-refractivity contribution in [1.82, 2.24) is 10.3 Å². The lowest BCUT2D eigenvalue weighted by Gasteiger charge is -2.26. The SMILES string of the molecule is C=CCN(C(=O)CC1COCCN1)c1nc2c(s1)CCCC2. The molecule has 1 aromatic heterocycles. The quantitative estimate of drug-likeness (QED) is 0.842. The molecule has 0 spiro atoms. The van der Waals surface area contributed by atoms with E-state index in [-0.39, 0.29) is 11.9 Å². The number of carbonyl (C=O) groups excluding carboxylic acids is 1. The van der Waals surface area contributed by atoms with Gasteiger partial charge in [-0.3, -0.25) is 9.69 Å². The fourth-order valence-corrected chi connectivity index (χ4v) is 4.12. The van der Waals surface area contributed by atoms with Crippen LogP contribution in [0.2, 0.25) is 0 Å². The second-order valence-corrected chi connectivity index (χ2v) is 6.86. The minimum absolute atomic E-state index is 0.0917. The van der Waals surface area contributed by atoms with E-state index in [0.29, 0.717) is 19.6 Å². The van der Waals surface area contributed by atoms with Gasteiger partial charge in [0.2, 0.25) is 5.91 Å². The third kappa shape index (κ3) is 3.56. The summed E-state index contributed by atoms with van der Waals surface area (Å²) in [5, 5.41) is 4.16. The van der Waals surface area contributed by atoms with Gasteiger partial charge < -0.3 is 10.1 Å². The van der Waals surface area contributed by atoms with Gasteiger partial charge in [-0.15, -0.1) is 17.9 Å². The number of nitrogens with zero attached hydrogens (tertiary/aromatic N) is 2. The number of anilines is 1. The maximum atomic E-state index is 12.7. The van der Waals surface area contributed by atoms with Gasteiger partial charge in [0.1, 0.15) is 0 Å². The first-order chi connectivity index (χ1) is 10.8. The van der Waals surface area contributed by atoms with Crippen LogP contribution in [0.15, 0.2) is 12.7 Å². The average molecular weight is 321 g/mol. The average Bonchev–Trinajstić information content (AvgIpc) is 2.97. The highest BCUT2D eigenvalue weighted by Crippen LogP contribution is 2.32. The van der Waals surface area contributed by atoms with Gasteiger partial charge >= 0.3 is 0 Å². The molecule has 1 amide bonds. The molecule has 22 heavy (non-hydrogen) atoms. The van der Waals surface area contributed by atoms with Crippen LogP contribution in [-0.4, -0.2) is 43.2 Å². The highest BCUT2D eigenvalue weighted by molar-refractivity contribution is 7.16. The van der Waals surface area contributed by atoms with Crippen LogP contribution in [0.3, 0.4) is 0 Å². The maximum Gasteiger partial charge on any atom is 0.230 e. The number of amides is 1. The first kappa shape index (κ1) is 15.6. The molecular weight excluding hydrogens is 298 g/mol. The topological polar surface area (TPSA) is 54.5 Å². The third-order valence-electron chi connectivity index (χ3n) is 4.10. The van der Waals surface area contributed by atoms with E-state index >= 15 is 0 Å². The molecule has 1 aliphatic heterocycles. The van der Waals surface area contributed by atoms with Crippen molar-refractivity contribution in [2.45, 2.75) is 38.1 Å². The molecule has 2 aliphatic rings. The summed E-state index contributed by atoms with van der Waals surface area (Å²) in [4.78, 5) is 20.5. The summed E-state index contributed by atoms with van der Waals surface area (Å²) in [6.45, 7) is 6.42. The Balaban J connectivity index is 1.72. The van der Waals surface area contributed by atoms with Gasteiger partial charge in [-0.1, -0.05) is 6.08 Å². The molecule has 1 aliphatic carbocycles. The Morgan fingerprint density at radius 3 is 3.09 bits per heavy atom. The Labute approximate surface area is 135 Å². The van der Waals surface area contributed by atoms with Crippen molar-refractivity contribution in [3.63, 3.8) is 0 Å². The molecule has 0 radical (unpaired) electrons. The normalized spacial score (nSPS) is 21.2. The molecule has 1 aromatic rings. The van der Waals surface area contributed by atoms with Crippen LogP contribution in [0, 0.1) is 0 Å². The van der Waals surface area contributed by atoms with Crippen LogP contribution in [0.25, 0.3) is 0 Å². The number of rotatable bonds is 5. The summed E-state index contributed by atoms with van der Waals surface area (Å²) in [6, 6.07) is 0.100. The molecule has 3 rings (SSSR count). The van der Waals surface area contributed by atoms with Crippen LogP contribution in [0.5, 0.6) is 0 Å². The molecule has 0 saturated carbocycles. The zero-order valence-corrected chi connectivity index (χ0v) is 13.7. The fraction of sp³-hybridized carbons (Fsp3) is 0.625. The maximum absolute atomic E-state index is 12.7. The highest BCUT2D eigenvalue weighted by atomic mass is 32.1. The fourth-order valence-electron chi connectivity index (χ4n) is 2.94. The zero-order chi connectivity index (χ0) is 15.4. The number of hydrogen-bond donors (Lipinski definition) is 1. The Hall–Kier alpha value is -1.24. The van der Waals surface area contributed by atoms with E-state index in [0.717, 1.165) is 31.1 Å². The molecule has 1 N–H and O–H groups in total. The minimum atomic E-state index is 0.0917. The van der Waals surface area contributed by atoms with Crippen molar-refractivity contribution in [2.75, 3.05) is 31.2 Å². The van der Waals surface area contributed by atoms with Gasteiger partial charge in [0.15, 0.2) is 5.13 Å². The van der Waals surface area contributed by atoms with Gasteiger partial charge in [-0.2, -0.15) is 0 Å². The van der Waals surface area contributed by atoms with E-state index < -0.39 is 0 Å². The number of carbonyl (C=O) groups is 1. The van der Waals surface area contributed by atoms with Crippen LogP contribution < -0.4 is 10.2 Å². The summed E-state index contributed by atoms with van der Waals surface area (Å²) in [5.41, 5.74) is 1.19. The summed E-state index contributed by atoms with van der Waals surface area (Å²) in [7, 11) is 0. The van der Waals surface area contributed by atoms with Crippen molar-refractivity contribution < 1.29 is 9.53 Å². The lowest BCUT2D eigenvalue weighted by atomic mass is 10.0.